The Labute approximate surface area is 155 Å². The van der Waals surface area contributed by atoms with Gasteiger partial charge in [0.25, 0.3) is 0 Å². The van der Waals surface area contributed by atoms with Crippen LogP contribution >= 0.6 is 24.8 Å². The monoisotopic (exact) mass is 373 g/mol. The van der Waals surface area contributed by atoms with Crippen LogP contribution < -0.4 is 15.4 Å². The predicted molar refractivity (Wildman–Crippen MR) is 98.3 cm³/mol. The van der Waals surface area contributed by atoms with Crippen LogP contribution in [-0.2, 0) is 4.79 Å². The molecule has 0 radical (unpaired) electrons. The summed E-state index contributed by atoms with van der Waals surface area (Å²) in [5.74, 6) is 1.02. The number of para-hydroxylation sites is 1. The molecule has 0 aliphatic carbocycles. The summed E-state index contributed by atoms with van der Waals surface area (Å²) in [7, 11) is 0. The van der Waals surface area contributed by atoms with Crippen molar-refractivity contribution in [2.45, 2.75) is 37.4 Å². The Morgan fingerprint density at radius 3 is 2.96 bits per heavy atom. The zero-order valence-corrected chi connectivity index (χ0v) is 15.2. The highest BCUT2D eigenvalue weighted by Gasteiger charge is 2.35. The van der Waals surface area contributed by atoms with Gasteiger partial charge in [-0.25, -0.2) is 0 Å². The summed E-state index contributed by atoms with van der Waals surface area (Å²) >= 11 is 0. The van der Waals surface area contributed by atoms with Gasteiger partial charge in [-0.05, 0) is 25.5 Å². The molecule has 2 N–H and O–H groups in total. The van der Waals surface area contributed by atoms with Crippen molar-refractivity contribution >= 4 is 30.7 Å². The molecule has 5 nitrogen and oxygen atoms in total. The molecule has 0 spiro atoms. The highest BCUT2D eigenvalue weighted by Crippen LogP contribution is 2.31. The van der Waals surface area contributed by atoms with Gasteiger partial charge in [-0.3, -0.25) is 9.69 Å². The van der Waals surface area contributed by atoms with Gasteiger partial charge in [0, 0.05) is 31.1 Å². The SMILES string of the molecule is Cl.Cl.O=C(N[C@@H]1CCOc2ccccc21)[C@@H]1CN2CCC[C@@H]2CN1. The van der Waals surface area contributed by atoms with E-state index in [1.165, 1.54) is 12.8 Å². The largest absolute Gasteiger partial charge is 0.493 e. The van der Waals surface area contributed by atoms with Crippen LogP contribution in [0.25, 0.3) is 0 Å². The average molecular weight is 374 g/mol. The lowest BCUT2D eigenvalue weighted by atomic mass is 10.00. The Bertz CT molecular complexity index is 573. The van der Waals surface area contributed by atoms with Gasteiger partial charge in [0.15, 0.2) is 0 Å². The first-order chi connectivity index (χ1) is 10.8. The lowest BCUT2D eigenvalue weighted by molar-refractivity contribution is -0.125. The van der Waals surface area contributed by atoms with E-state index in [0.717, 1.165) is 37.4 Å². The van der Waals surface area contributed by atoms with Crippen molar-refractivity contribution in [3.8, 4) is 5.75 Å². The molecule has 4 rings (SSSR count). The highest BCUT2D eigenvalue weighted by molar-refractivity contribution is 5.85. The van der Waals surface area contributed by atoms with Crippen LogP contribution in [0.4, 0.5) is 0 Å². The second-order valence-corrected chi connectivity index (χ2v) is 6.49. The second kappa shape index (κ2) is 8.39. The molecule has 2 fully saturated rings. The van der Waals surface area contributed by atoms with E-state index in [-0.39, 0.29) is 42.8 Å². The third-order valence-corrected chi connectivity index (χ3v) is 5.11. The maximum Gasteiger partial charge on any atom is 0.238 e. The highest BCUT2D eigenvalue weighted by atomic mass is 35.5. The number of benzene rings is 1. The first kappa shape index (κ1) is 19.3. The molecule has 3 aliphatic heterocycles. The number of carbonyl (C=O) groups excluding carboxylic acids is 1. The minimum absolute atomic E-state index is 0. The van der Waals surface area contributed by atoms with Crippen molar-refractivity contribution in [2.75, 3.05) is 26.2 Å². The maximum atomic E-state index is 12.6. The average Bonchev–Trinajstić information content (AvgIpc) is 3.02. The number of nitrogens with zero attached hydrogens (tertiary/aromatic N) is 1. The fourth-order valence-corrected chi connectivity index (χ4v) is 3.88. The fourth-order valence-electron chi connectivity index (χ4n) is 3.88. The molecule has 0 bridgehead atoms. The molecule has 1 amide bonds. The van der Waals surface area contributed by atoms with Gasteiger partial charge in [-0.1, -0.05) is 18.2 Å². The summed E-state index contributed by atoms with van der Waals surface area (Å²) in [6.07, 6.45) is 3.35. The van der Waals surface area contributed by atoms with E-state index < -0.39 is 0 Å². The first-order valence-electron chi connectivity index (χ1n) is 8.31. The Balaban J connectivity index is 0.00000104. The molecular weight excluding hydrogens is 349 g/mol. The number of piperazine rings is 1. The first-order valence-corrected chi connectivity index (χ1v) is 8.31. The molecule has 3 atom stereocenters. The summed E-state index contributed by atoms with van der Waals surface area (Å²) < 4.78 is 5.66. The molecule has 0 aromatic heterocycles. The lowest BCUT2D eigenvalue weighted by Gasteiger charge is -2.36. The summed E-state index contributed by atoms with van der Waals surface area (Å²) in [4.78, 5) is 15.1. The van der Waals surface area contributed by atoms with E-state index in [0.29, 0.717) is 12.6 Å². The molecule has 24 heavy (non-hydrogen) atoms. The number of hydrogen-bond acceptors (Lipinski definition) is 4. The van der Waals surface area contributed by atoms with E-state index in [1.54, 1.807) is 0 Å². The standard InChI is InChI=1S/C17H23N3O2.2ClH/c21-17(15-11-20-8-3-4-12(20)10-18-15)19-14-7-9-22-16-6-2-1-5-13(14)16;;/h1-2,5-6,12,14-15,18H,3-4,7-11H2,(H,19,21);2*1H/t12-,14-,15+;;/m1../s1. The normalized spacial score (nSPS) is 28.4. The van der Waals surface area contributed by atoms with Crippen molar-refractivity contribution in [1.29, 1.82) is 0 Å². The summed E-state index contributed by atoms with van der Waals surface area (Å²) in [5, 5.41) is 6.64. The number of nitrogens with one attached hydrogen (secondary N) is 2. The molecule has 134 valence electrons. The smallest absolute Gasteiger partial charge is 0.238 e. The van der Waals surface area contributed by atoms with Crippen LogP contribution in [0.5, 0.6) is 5.75 Å². The van der Waals surface area contributed by atoms with Crippen molar-refractivity contribution in [3.63, 3.8) is 0 Å². The Morgan fingerprint density at radius 1 is 1.25 bits per heavy atom. The molecule has 3 heterocycles. The van der Waals surface area contributed by atoms with Gasteiger partial charge in [0.05, 0.1) is 18.7 Å². The molecule has 3 aliphatic rings. The van der Waals surface area contributed by atoms with Crippen molar-refractivity contribution in [3.05, 3.63) is 29.8 Å². The van der Waals surface area contributed by atoms with Crippen molar-refractivity contribution in [2.24, 2.45) is 0 Å². The Hall–Kier alpha value is -1.01. The summed E-state index contributed by atoms with van der Waals surface area (Å²) in [6, 6.07) is 8.60. The van der Waals surface area contributed by atoms with E-state index in [4.69, 9.17) is 4.74 Å². The van der Waals surface area contributed by atoms with Gasteiger partial charge in [0.1, 0.15) is 5.75 Å². The van der Waals surface area contributed by atoms with E-state index in [9.17, 15) is 4.79 Å². The second-order valence-electron chi connectivity index (χ2n) is 6.49. The van der Waals surface area contributed by atoms with Gasteiger partial charge in [0.2, 0.25) is 5.91 Å². The Morgan fingerprint density at radius 2 is 2.08 bits per heavy atom. The zero-order chi connectivity index (χ0) is 14.9. The van der Waals surface area contributed by atoms with Crippen molar-refractivity contribution in [1.82, 2.24) is 15.5 Å². The van der Waals surface area contributed by atoms with Crippen LogP contribution in [0.15, 0.2) is 24.3 Å². The number of carbonyl (C=O) groups is 1. The number of hydrogen-bond donors (Lipinski definition) is 2. The van der Waals surface area contributed by atoms with Crippen LogP contribution in [-0.4, -0.2) is 49.1 Å². The van der Waals surface area contributed by atoms with E-state index in [1.807, 2.05) is 24.3 Å². The summed E-state index contributed by atoms with van der Waals surface area (Å²) in [5.41, 5.74) is 1.09. The lowest BCUT2D eigenvalue weighted by Crippen LogP contribution is -2.59. The van der Waals surface area contributed by atoms with Crippen LogP contribution in [0.1, 0.15) is 30.9 Å². The van der Waals surface area contributed by atoms with Crippen LogP contribution in [0.3, 0.4) is 0 Å². The van der Waals surface area contributed by atoms with Gasteiger partial charge >= 0.3 is 0 Å². The van der Waals surface area contributed by atoms with Crippen LogP contribution in [0, 0.1) is 0 Å². The number of ether oxygens (including phenoxy) is 1. The van der Waals surface area contributed by atoms with E-state index >= 15 is 0 Å². The van der Waals surface area contributed by atoms with Crippen LogP contribution in [0.2, 0.25) is 0 Å². The molecule has 2 saturated heterocycles. The third-order valence-electron chi connectivity index (χ3n) is 5.11. The summed E-state index contributed by atoms with van der Waals surface area (Å²) in [6.45, 7) is 3.56. The quantitative estimate of drug-likeness (QED) is 0.831. The number of halogens is 2. The molecule has 7 heteroatoms. The minimum Gasteiger partial charge on any atom is -0.493 e. The molecular formula is C17H25Cl2N3O2. The number of amides is 1. The molecule has 1 aromatic carbocycles. The topological polar surface area (TPSA) is 53.6 Å². The van der Waals surface area contributed by atoms with Crippen molar-refractivity contribution < 1.29 is 9.53 Å². The molecule has 0 unspecified atom stereocenters. The van der Waals surface area contributed by atoms with E-state index in [2.05, 4.69) is 15.5 Å². The van der Waals surface area contributed by atoms with Gasteiger partial charge in [-0.15, -0.1) is 24.8 Å². The van der Waals surface area contributed by atoms with Gasteiger partial charge < -0.3 is 15.4 Å². The fraction of sp³-hybridized carbons (Fsp3) is 0.588. The Kier molecular flexibility index (Phi) is 6.75. The third kappa shape index (κ3) is 3.80. The molecule has 0 saturated carbocycles. The maximum absolute atomic E-state index is 12.6. The number of fused-ring (bicyclic) bond motifs is 2. The predicted octanol–water partition coefficient (Wildman–Crippen LogP) is 1.91. The zero-order valence-electron chi connectivity index (χ0n) is 13.6. The molecule has 1 aromatic rings. The minimum atomic E-state index is -0.0932. The number of rotatable bonds is 2. The van der Waals surface area contributed by atoms with Gasteiger partial charge in [-0.2, -0.15) is 0 Å².